The predicted octanol–water partition coefficient (Wildman–Crippen LogP) is 17.7. The molecule has 0 aliphatic carbocycles. The molecule has 0 amide bonds. The molecule has 0 fully saturated rings. The number of benzene rings is 11. The van der Waals surface area contributed by atoms with Crippen LogP contribution in [0.15, 0.2) is 267 Å². The molecule has 12 aromatic rings. The first-order chi connectivity index (χ1) is 32.8. The van der Waals surface area contributed by atoms with Gasteiger partial charge in [0.1, 0.15) is 0 Å². The summed E-state index contributed by atoms with van der Waals surface area (Å²) in [7, 11) is 0. The van der Waals surface area contributed by atoms with E-state index >= 15 is 0 Å². The summed E-state index contributed by atoms with van der Waals surface area (Å²) in [6.07, 6.45) is 0. The van der Waals surface area contributed by atoms with E-state index in [2.05, 4.69) is 276 Å². The second-order valence-corrected chi connectivity index (χ2v) is 16.8. The summed E-state index contributed by atoms with van der Waals surface area (Å²) in [4.78, 5) is 2.34. The van der Waals surface area contributed by atoms with Gasteiger partial charge < -0.3 is 9.47 Å². The highest BCUT2D eigenvalue weighted by atomic mass is 15.1. The Labute approximate surface area is 385 Å². The lowest BCUT2D eigenvalue weighted by Gasteiger charge is -2.26. The Balaban J connectivity index is 1.01. The average molecular weight is 841 g/mol. The summed E-state index contributed by atoms with van der Waals surface area (Å²) in [6, 6.07) is 96.8. The minimum atomic E-state index is 1.09. The fourth-order valence-electron chi connectivity index (χ4n) is 10.0. The van der Waals surface area contributed by atoms with Gasteiger partial charge in [-0.05, 0) is 133 Å². The maximum Gasteiger partial charge on any atom is 0.0541 e. The molecule has 0 aliphatic heterocycles. The van der Waals surface area contributed by atoms with Gasteiger partial charge in [0.2, 0.25) is 0 Å². The lowest BCUT2D eigenvalue weighted by Crippen LogP contribution is -2.10. The molecule has 0 atom stereocenters. The minimum Gasteiger partial charge on any atom is -0.311 e. The summed E-state index contributed by atoms with van der Waals surface area (Å²) in [5, 5.41) is 4.96. The van der Waals surface area contributed by atoms with Crippen LogP contribution >= 0.6 is 0 Å². The molecule has 2 nitrogen and oxygen atoms in total. The van der Waals surface area contributed by atoms with Crippen LogP contribution in [0.5, 0.6) is 0 Å². The normalized spacial score (nSPS) is 11.3. The van der Waals surface area contributed by atoms with E-state index < -0.39 is 0 Å². The van der Waals surface area contributed by atoms with Crippen molar-refractivity contribution in [3.05, 3.63) is 267 Å². The monoisotopic (exact) mass is 840 g/mol. The van der Waals surface area contributed by atoms with Gasteiger partial charge in [0.15, 0.2) is 0 Å². The molecule has 66 heavy (non-hydrogen) atoms. The van der Waals surface area contributed by atoms with Crippen LogP contribution in [0.2, 0.25) is 0 Å². The summed E-state index contributed by atoms with van der Waals surface area (Å²) in [5.41, 5.74) is 18.8. The Morgan fingerprint density at radius 2 is 0.591 bits per heavy atom. The number of para-hydroxylation sites is 3. The molecule has 11 aromatic carbocycles. The summed E-state index contributed by atoms with van der Waals surface area (Å²) < 4.78 is 2.37. The van der Waals surface area contributed by atoms with E-state index in [0.29, 0.717) is 0 Å². The van der Waals surface area contributed by atoms with Crippen molar-refractivity contribution >= 4 is 49.6 Å². The number of anilines is 3. The van der Waals surface area contributed by atoms with E-state index in [9.17, 15) is 0 Å². The molecule has 0 aliphatic rings. The molecule has 2 heteroatoms. The molecule has 0 bridgehead atoms. The van der Waals surface area contributed by atoms with Gasteiger partial charge >= 0.3 is 0 Å². The third-order valence-electron chi connectivity index (χ3n) is 13.0. The van der Waals surface area contributed by atoms with Crippen LogP contribution in [0.4, 0.5) is 17.1 Å². The zero-order valence-electron chi connectivity index (χ0n) is 36.3. The molecule has 0 saturated carbocycles. The van der Waals surface area contributed by atoms with Crippen molar-refractivity contribution in [3.63, 3.8) is 0 Å². The van der Waals surface area contributed by atoms with Crippen LogP contribution in [0.1, 0.15) is 0 Å². The largest absolute Gasteiger partial charge is 0.311 e. The topological polar surface area (TPSA) is 8.17 Å². The number of hydrogen-bond acceptors (Lipinski definition) is 1. The molecule has 0 spiro atoms. The van der Waals surface area contributed by atoms with Gasteiger partial charge in [-0.2, -0.15) is 0 Å². The van der Waals surface area contributed by atoms with E-state index in [1.54, 1.807) is 0 Å². The maximum atomic E-state index is 2.42. The minimum absolute atomic E-state index is 1.09. The van der Waals surface area contributed by atoms with E-state index in [1.165, 1.54) is 82.6 Å². The van der Waals surface area contributed by atoms with Gasteiger partial charge in [-0.15, -0.1) is 0 Å². The van der Waals surface area contributed by atoms with E-state index in [1.807, 2.05) is 0 Å². The lowest BCUT2D eigenvalue weighted by atomic mass is 9.78. The Kier molecular flexibility index (Phi) is 9.89. The van der Waals surface area contributed by atoms with Crippen LogP contribution in [-0.4, -0.2) is 4.57 Å². The maximum absolute atomic E-state index is 2.42. The fourth-order valence-corrected chi connectivity index (χ4v) is 10.0. The second-order valence-electron chi connectivity index (χ2n) is 16.8. The second kappa shape index (κ2) is 16.8. The highest BCUT2D eigenvalue weighted by molar-refractivity contribution is 6.19. The van der Waals surface area contributed by atoms with Crippen molar-refractivity contribution in [2.24, 2.45) is 0 Å². The van der Waals surface area contributed by atoms with Crippen molar-refractivity contribution < 1.29 is 0 Å². The first-order valence-corrected chi connectivity index (χ1v) is 22.7. The van der Waals surface area contributed by atoms with Gasteiger partial charge in [0.05, 0.1) is 11.0 Å². The molecule has 310 valence electrons. The third-order valence-corrected chi connectivity index (χ3v) is 13.0. The third kappa shape index (κ3) is 6.84. The predicted molar refractivity (Wildman–Crippen MR) is 280 cm³/mol. The molecular weight excluding hydrogens is 797 g/mol. The van der Waals surface area contributed by atoms with Crippen LogP contribution in [0.25, 0.3) is 93.9 Å². The standard InChI is InChI=1S/C64H44N2/c1-6-20-46(21-7-1)61-57-43-36-50(44-58(57)62(47-22-8-2-9-23-47)64(49-26-12-4-13-27-49)63(61)48-24-10-3-11-25-48)45-34-37-52(38-35-45)65(51-28-14-5-15-29-51)53-39-41-54(42-40-53)66-59-32-18-16-30-55(59)56-31-17-19-33-60(56)66/h1-44H. The highest BCUT2D eigenvalue weighted by Gasteiger charge is 2.24. The molecule has 0 N–H and O–H groups in total. The lowest BCUT2D eigenvalue weighted by molar-refractivity contribution is 1.17. The SMILES string of the molecule is c1ccc(-c2c(-c3ccccc3)c(-c3ccccc3)c3cc(-c4ccc(N(c5ccccc5)c5ccc(-n6c7ccccc7c7ccccc76)cc5)cc4)ccc3c2-c2ccccc2)cc1. The van der Waals surface area contributed by atoms with Gasteiger partial charge in [0, 0.05) is 33.5 Å². The zero-order valence-corrected chi connectivity index (χ0v) is 36.3. The van der Waals surface area contributed by atoms with Gasteiger partial charge in [0.25, 0.3) is 0 Å². The molecule has 1 aromatic heterocycles. The average Bonchev–Trinajstić information content (AvgIpc) is 3.74. The molecule has 12 rings (SSSR count). The molecule has 0 unspecified atom stereocenters. The Morgan fingerprint density at radius 1 is 0.227 bits per heavy atom. The van der Waals surface area contributed by atoms with E-state index in [0.717, 1.165) is 28.3 Å². The molecule has 1 heterocycles. The number of rotatable bonds is 9. The smallest absolute Gasteiger partial charge is 0.0541 e. The Bertz CT molecular complexity index is 3580. The van der Waals surface area contributed by atoms with Crippen LogP contribution < -0.4 is 4.90 Å². The number of nitrogens with zero attached hydrogens (tertiary/aromatic N) is 2. The molecule has 0 radical (unpaired) electrons. The Morgan fingerprint density at radius 3 is 1.08 bits per heavy atom. The van der Waals surface area contributed by atoms with Crippen molar-refractivity contribution in [2.75, 3.05) is 4.90 Å². The number of fused-ring (bicyclic) bond motifs is 4. The van der Waals surface area contributed by atoms with Crippen LogP contribution in [0.3, 0.4) is 0 Å². The number of aromatic nitrogens is 1. The van der Waals surface area contributed by atoms with Gasteiger partial charge in [-0.1, -0.05) is 200 Å². The quantitative estimate of drug-likeness (QED) is 0.141. The fraction of sp³-hybridized carbons (Fsp3) is 0. The summed E-state index contributed by atoms with van der Waals surface area (Å²) >= 11 is 0. The van der Waals surface area contributed by atoms with Crippen molar-refractivity contribution in [1.82, 2.24) is 4.57 Å². The first-order valence-electron chi connectivity index (χ1n) is 22.7. The van der Waals surface area contributed by atoms with Crippen LogP contribution in [0, 0.1) is 0 Å². The van der Waals surface area contributed by atoms with Crippen molar-refractivity contribution in [2.45, 2.75) is 0 Å². The summed E-state index contributed by atoms with van der Waals surface area (Å²) in [5.74, 6) is 0. The van der Waals surface area contributed by atoms with Crippen molar-refractivity contribution in [3.8, 4) is 61.3 Å². The van der Waals surface area contributed by atoms with Crippen LogP contribution in [-0.2, 0) is 0 Å². The van der Waals surface area contributed by atoms with E-state index in [4.69, 9.17) is 0 Å². The van der Waals surface area contributed by atoms with E-state index in [-0.39, 0.29) is 0 Å². The van der Waals surface area contributed by atoms with Gasteiger partial charge in [-0.3, -0.25) is 0 Å². The Hall–Kier alpha value is -8.72. The molecule has 0 saturated heterocycles. The number of hydrogen-bond donors (Lipinski definition) is 0. The molecular formula is C64H44N2. The van der Waals surface area contributed by atoms with Crippen molar-refractivity contribution in [1.29, 1.82) is 0 Å². The summed E-state index contributed by atoms with van der Waals surface area (Å²) in [6.45, 7) is 0. The van der Waals surface area contributed by atoms with Gasteiger partial charge in [-0.25, -0.2) is 0 Å². The highest BCUT2D eigenvalue weighted by Crippen LogP contribution is 2.51. The zero-order chi connectivity index (χ0) is 43.8. The first kappa shape index (κ1) is 38.9.